The number of hydrogen-bond acceptors (Lipinski definition) is 4. The summed E-state index contributed by atoms with van der Waals surface area (Å²) in [6.45, 7) is 2.21. The van der Waals surface area contributed by atoms with Crippen LogP contribution in [0.2, 0.25) is 5.02 Å². The third-order valence-corrected chi connectivity index (χ3v) is 6.52. The molecule has 1 aliphatic rings. The molecule has 3 aromatic rings. The SMILES string of the molecule is COC(=O)[C@@H]1CCCN1Cc1ccc(CCNC(=O)c2ccc(-c3ccc(Cl)cc3)cc2)cc1. The minimum Gasteiger partial charge on any atom is -0.468 e. The molecule has 0 aromatic heterocycles. The molecule has 6 heteroatoms. The first-order valence-corrected chi connectivity index (χ1v) is 11.9. The van der Waals surface area contributed by atoms with Crippen molar-refractivity contribution in [2.24, 2.45) is 0 Å². The van der Waals surface area contributed by atoms with Gasteiger partial charge in [-0.05, 0) is 72.3 Å². The molecular weight excluding hydrogens is 448 g/mol. The molecule has 0 spiro atoms. The van der Waals surface area contributed by atoms with Crippen molar-refractivity contribution in [3.05, 3.63) is 94.5 Å². The molecule has 0 unspecified atom stereocenters. The van der Waals surface area contributed by atoms with Gasteiger partial charge in [-0.15, -0.1) is 0 Å². The smallest absolute Gasteiger partial charge is 0.323 e. The second kappa shape index (κ2) is 11.3. The second-order valence-electron chi connectivity index (χ2n) is 8.56. The molecule has 1 atom stereocenters. The number of ether oxygens (including phenoxy) is 1. The summed E-state index contributed by atoms with van der Waals surface area (Å²) in [5.41, 5.74) is 5.07. The fourth-order valence-electron chi connectivity index (χ4n) is 4.34. The predicted octanol–water partition coefficient (Wildman–Crippen LogP) is 5.12. The van der Waals surface area contributed by atoms with Crippen molar-refractivity contribution in [1.29, 1.82) is 0 Å². The van der Waals surface area contributed by atoms with Gasteiger partial charge in [0.15, 0.2) is 0 Å². The fraction of sp³-hybridized carbons (Fsp3) is 0.286. The summed E-state index contributed by atoms with van der Waals surface area (Å²) in [7, 11) is 1.45. The van der Waals surface area contributed by atoms with Crippen LogP contribution >= 0.6 is 11.6 Å². The van der Waals surface area contributed by atoms with E-state index in [2.05, 4.69) is 34.5 Å². The number of nitrogens with zero attached hydrogens (tertiary/aromatic N) is 1. The molecule has 34 heavy (non-hydrogen) atoms. The first-order chi connectivity index (χ1) is 16.5. The van der Waals surface area contributed by atoms with E-state index in [1.54, 1.807) is 0 Å². The van der Waals surface area contributed by atoms with Gasteiger partial charge in [-0.25, -0.2) is 0 Å². The minimum absolute atomic E-state index is 0.0813. The molecule has 0 saturated carbocycles. The Bertz CT molecular complexity index is 1110. The van der Waals surface area contributed by atoms with Crippen LogP contribution in [0, 0.1) is 0 Å². The lowest BCUT2D eigenvalue weighted by atomic mass is 10.0. The number of halogens is 1. The summed E-state index contributed by atoms with van der Waals surface area (Å²) in [5, 5.41) is 3.70. The Hall–Kier alpha value is -3.15. The number of rotatable bonds is 8. The first-order valence-electron chi connectivity index (χ1n) is 11.6. The molecule has 1 heterocycles. The van der Waals surface area contributed by atoms with Crippen LogP contribution in [0.3, 0.4) is 0 Å². The number of methoxy groups -OCH3 is 1. The van der Waals surface area contributed by atoms with Gasteiger partial charge in [0.2, 0.25) is 0 Å². The maximum atomic E-state index is 12.5. The van der Waals surface area contributed by atoms with Crippen molar-refractivity contribution in [1.82, 2.24) is 10.2 Å². The van der Waals surface area contributed by atoms with E-state index in [0.29, 0.717) is 17.1 Å². The Kier molecular flexibility index (Phi) is 7.99. The third-order valence-electron chi connectivity index (χ3n) is 6.27. The van der Waals surface area contributed by atoms with Crippen molar-refractivity contribution >= 4 is 23.5 Å². The van der Waals surface area contributed by atoms with Gasteiger partial charge < -0.3 is 10.1 Å². The van der Waals surface area contributed by atoms with E-state index in [-0.39, 0.29) is 17.9 Å². The number of esters is 1. The topological polar surface area (TPSA) is 58.6 Å². The van der Waals surface area contributed by atoms with E-state index in [4.69, 9.17) is 16.3 Å². The summed E-state index contributed by atoms with van der Waals surface area (Å²) >= 11 is 5.95. The highest BCUT2D eigenvalue weighted by molar-refractivity contribution is 6.30. The lowest BCUT2D eigenvalue weighted by molar-refractivity contribution is -0.146. The van der Waals surface area contributed by atoms with Crippen LogP contribution in [0.25, 0.3) is 11.1 Å². The highest BCUT2D eigenvalue weighted by Crippen LogP contribution is 2.23. The quantitative estimate of drug-likeness (QED) is 0.458. The highest BCUT2D eigenvalue weighted by Gasteiger charge is 2.31. The average Bonchev–Trinajstić information content (AvgIpc) is 3.33. The standard InChI is InChI=1S/C28H29ClN2O3/c1-34-28(33)26-3-2-18-31(26)19-21-6-4-20(5-7-21)16-17-30-27(32)24-10-8-22(9-11-24)23-12-14-25(29)15-13-23/h4-15,26H,2-3,16-19H2,1H3,(H,30,32)/t26-/m0/s1. The zero-order valence-electron chi connectivity index (χ0n) is 19.3. The molecule has 0 bridgehead atoms. The van der Waals surface area contributed by atoms with E-state index in [1.807, 2.05) is 48.5 Å². The number of hydrogen-bond donors (Lipinski definition) is 1. The summed E-state index contributed by atoms with van der Waals surface area (Å²) < 4.78 is 4.93. The van der Waals surface area contributed by atoms with Crippen LogP contribution in [0.1, 0.15) is 34.3 Å². The summed E-state index contributed by atoms with van der Waals surface area (Å²) in [4.78, 5) is 26.6. The number of benzene rings is 3. The number of carbonyl (C=O) groups excluding carboxylic acids is 2. The molecule has 4 rings (SSSR count). The molecule has 1 N–H and O–H groups in total. The van der Waals surface area contributed by atoms with Gasteiger partial charge in [0.1, 0.15) is 6.04 Å². The predicted molar refractivity (Wildman–Crippen MR) is 135 cm³/mol. The van der Waals surface area contributed by atoms with Crippen LogP contribution < -0.4 is 5.32 Å². The average molecular weight is 477 g/mol. The van der Waals surface area contributed by atoms with Gasteiger partial charge in [0, 0.05) is 23.7 Å². The Morgan fingerprint density at radius 1 is 0.941 bits per heavy atom. The van der Waals surface area contributed by atoms with E-state index >= 15 is 0 Å². The normalized spacial score (nSPS) is 15.8. The Morgan fingerprint density at radius 3 is 2.21 bits per heavy atom. The molecule has 1 saturated heterocycles. The van der Waals surface area contributed by atoms with E-state index in [1.165, 1.54) is 12.7 Å². The zero-order chi connectivity index (χ0) is 23.9. The van der Waals surface area contributed by atoms with Gasteiger partial charge in [0.05, 0.1) is 7.11 Å². The minimum atomic E-state index is -0.149. The molecule has 0 radical (unpaired) electrons. The lowest BCUT2D eigenvalue weighted by Crippen LogP contribution is -2.36. The highest BCUT2D eigenvalue weighted by atomic mass is 35.5. The van der Waals surface area contributed by atoms with Crippen LogP contribution in [0.15, 0.2) is 72.8 Å². The Balaban J connectivity index is 1.25. The largest absolute Gasteiger partial charge is 0.468 e. The molecule has 1 aliphatic heterocycles. The lowest BCUT2D eigenvalue weighted by Gasteiger charge is -2.22. The third kappa shape index (κ3) is 6.04. The maximum absolute atomic E-state index is 12.5. The van der Waals surface area contributed by atoms with Crippen molar-refractivity contribution in [3.63, 3.8) is 0 Å². The van der Waals surface area contributed by atoms with Crippen LogP contribution in [0.4, 0.5) is 0 Å². The van der Waals surface area contributed by atoms with Crippen LogP contribution in [0.5, 0.6) is 0 Å². The molecule has 1 amide bonds. The number of likely N-dealkylation sites (tertiary alicyclic amines) is 1. The molecule has 5 nitrogen and oxygen atoms in total. The Morgan fingerprint density at radius 2 is 1.56 bits per heavy atom. The first kappa shape index (κ1) is 24.0. The van der Waals surface area contributed by atoms with E-state index in [0.717, 1.165) is 49.0 Å². The van der Waals surface area contributed by atoms with Crippen LogP contribution in [-0.2, 0) is 22.5 Å². The monoisotopic (exact) mass is 476 g/mol. The molecule has 176 valence electrons. The van der Waals surface area contributed by atoms with Gasteiger partial charge >= 0.3 is 5.97 Å². The molecule has 3 aromatic carbocycles. The number of amides is 1. The number of nitrogens with one attached hydrogen (secondary N) is 1. The van der Waals surface area contributed by atoms with Crippen molar-refractivity contribution in [2.75, 3.05) is 20.2 Å². The summed E-state index contributed by atoms with van der Waals surface area (Å²) in [6.07, 6.45) is 2.62. The molecule has 1 fully saturated rings. The van der Waals surface area contributed by atoms with Gasteiger partial charge in [-0.2, -0.15) is 0 Å². The van der Waals surface area contributed by atoms with E-state index < -0.39 is 0 Å². The van der Waals surface area contributed by atoms with Crippen molar-refractivity contribution in [2.45, 2.75) is 31.8 Å². The van der Waals surface area contributed by atoms with Gasteiger partial charge in [-0.1, -0.05) is 60.1 Å². The van der Waals surface area contributed by atoms with Gasteiger partial charge in [0.25, 0.3) is 5.91 Å². The summed E-state index contributed by atoms with van der Waals surface area (Å²) in [6, 6.07) is 23.4. The number of carbonyl (C=O) groups is 2. The van der Waals surface area contributed by atoms with Crippen LogP contribution in [-0.4, -0.2) is 43.0 Å². The zero-order valence-corrected chi connectivity index (χ0v) is 20.1. The fourth-order valence-corrected chi connectivity index (χ4v) is 4.47. The second-order valence-corrected chi connectivity index (χ2v) is 8.99. The van der Waals surface area contributed by atoms with Crippen molar-refractivity contribution < 1.29 is 14.3 Å². The van der Waals surface area contributed by atoms with E-state index in [9.17, 15) is 9.59 Å². The maximum Gasteiger partial charge on any atom is 0.323 e. The van der Waals surface area contributed by atoms with Crippen molar-refractivity contribution in [3.8, 4) is 11.1 Å². The summed E-state index contributed by atoms with van der Waals surface area (Å²) in [5.74, 6) is -0.230. The Labute approximate surface area is 205 Å². The molecular formula is C28H29ClN2O3. The molecule has 0 aliphatic carbocycles. The van der Waals surface area contributed by atoms with Gasteiger partial charge in [-0.3, -0.25) is 14.5 Å².